The standard InChI is InChI=1S/C19H27NO3/c1-4-20(13-19(2,3)23)18(22)11-10-17(21)16-9-8-14-6-5-7-15(14)12-16/h8-9,12,23H,4-7,10-11,13H2,1-3H3. The summed E-state index contributed by atoms with van der Waals surface area (Å²) in [5.41, 5.74) is 2.42. The zero-order valence-electron chi connectivity index (χ0n) is 14.4. The van der Waals surface area contributed by atoms with Gasteiger partial charge in [0.15, 0.2) is 5.78 Å². The first-order valence-electron chi connectivity index (χ1n) is 8.45. The van der Waals surface area contributed by atoms with Crippen LogP contribution in [0, 0.1) is 0 Å². The van der Waals surface area contributed by atoms with E-state index in [9.17, 15) is 14.7 Å². The number of carbonyl (C=O) groups is 2. The molecule has 1 aliphatic carbocycles. The first kappa shape index (κ1) is 17.7. The topological polar surface area (TPSA) is 57.6 Å². The minimum atomic E-state index is -0.921. The van der Waals surface area contributed by atoms with Gasteiger partial charge < -0.3 is 10.0 Å². The molecule has 0 saturated carbocycles. The molecule has 126 valence electrons. The highest BCUT2D eigenvalue weighted by atomic mass is 16.3. The van der Waals surface area contributed by atoms with Crippen molar-refractivity contribution in [2.75, 3.05) is 13.1 Å². The number of benzene rings is 1. The van der Waals surface area contributed by atoms with Gasteiger partial charge in [0.2, 0.25) is 5.91 Å². The number of likely N-dealkylation sites (N-methyl/N-ethyl adjacent to an activating group) is 1. The van der Waals surface area contributed by atoms with Crippen molar-refractivity contribution in [3.63, 3.8) is 0 Å². The fourth-order valence-electron chi connectivity index (χ4n) is 3.11. The summed E-state index contributed by atoms with van der Waals surface area (Å²) >= 11 is 0. The van der Waals surface area contributed by atoms with Crippen molar-refractivity contribution in [1.82, 2.24) is 4.90 Å². The molecule has 4 heteroatoms. The van der Waals surface area contributed by atoms with Gasteiger partial charge in [-0.1, -0.05) is 12.1 Å². The Labute approximate surface area is 138 Å². The molecule has 1 aromatic carbocycles. The second kappa shape index (κ2) is 7.26. The van der Waals surface area contributed by atoms with Crippen LogP contribution < -0.4 is 0 Å². The molecule has 1 aromatic rings. The molecule has 0 atom stereocenters. The maximum absolute atomic E-state index is 12.3. The summed E-state index contributed by atoms with van der Waals surface area (Å²) in [5.74, 6) is -0.0588. The second-order valence-electron chi connectivity index (χ2n) is 6.98. The summed E-state index contributed by atoms with van der Waals surface area (Å²) in [7, 11) is 0. The second-order valence-corrected chi connectivity index (χ2v) is 6.98. The molecule has 0 fully saturated rings. The zero-order chi connectivity index (χ0) is 17.0. The Kier molecular flexibility index (Phi) is 5.58. The summed E-state index contributed by atoms with van der Waals surface area (Å²) in [6.45, 7) is 6.06. The summed E-state index contributed by atoms with van der Waals surface area (Å²) in [4.78, 5) is 26.2. The Morgan fingerprint density at radius 1 is 1.17 bits per heavy atom. The molecule has 1 amide bonds. The molecule has 0 heterocycles. The van der Waals surface area contributed by atoms with Crippen LogP contribution in [0.2, 0.25) is 0 Å². The normalized spacial score (nSPS) is 13.7. The first-order chi connectivity index (χ1) is 10.8. The number of aliphatic hydroxyl groups is 1. The smallest absolute Gasteiger partial charge is 0.223 e. The molecule has 23 heavy (non-hydrogen) atoms. The van der Waals surface area contributed by atoms with E-state index in [0.717, 1.165) is 19.3 Å². The number of carbonyl (C=O) groups excluding carboxylic acids is 2. The number of hydrogen-bond donors (Lipinski definition) is 1. The van der Waals surface area contributed by atoms with Crippen LogP contribution in [0.5, 0.6) is 0 Å². The minimum Gasteiger partial charge on any atom is -0.389 e. The molecular weight excluding hydrogens is 290 g/mol. The third-order valence-corrected chi connectivity index (χ3v) is 4.30. The lowest BCUT2D eigenvalue weighted by Crippen LogP contribution is -2.42. The van der Waals surface area contributed by atoms with E-state index in [1.165, 1.54) is 11.1 Å². The zero-order valence-corrected chi connectivity index (χ0v) is 14.4. The van der Waals surface area contributed by atoms with E-state index in [-0.39, 0.29) is 31.1 Å². The average Bonchev–Trinajstić information content (AvgIpc) is 2.96. The molecule has 0 aliphatic heterocycles. The number of ketones is 1. The van der Waals surface area contributed by atoms with Crippen LogP contribution in [0.3, 0.4) is 0 Å². The van der Waals surface area contributed by atoms with Crippen LogP contribution in [0.1, 0.15) is 61.5 Å². The average molecular weight is 317 g/mol. The molecular formula is C19H27NO3. The number of aryl methyl sites for hydroxylation is 2. The Hall–Kier alpha value is -1.68. The van der Waals surface area contributed by atoms with Gasteiger partial charge in [-0.25, -0.2) is 0 Å². The highest BCUT2D eigenvalue weighted by Gasteiger charge is 2.22. The van der Waals surface area contributed by atoms with Gasteiger partial charge in [-0.3, -0.25) is 9.59 Å². The van der Waals surface area contributed by atoms with Crippen LogP contribution in [0.25, 0.3) is 0 Å². The van der Waals surface area contributed by atoms with Gasteiger partial charge in [-0.15, -0.1) is 0 Å². The molecule has 0 unspecified atom stereocenters. The lowest BCUT2D eigenvalue weighted by atomic mass is 10.0. The SMILES string of the molecule is CCN(CC(C)(C)O)C(=O)CCC(=O)c1ccc2c(c1)CCC2. The van der Waals surface area contributed by atoms with Gasteiger partial charge in [0.25, 0.3) is 0 Å². The van der Waals surface area contributed by atoms with Crippen molar-refractivity contribution >= 4 is 11.7 Å². The van der Waals surface area contributed by atoms with Gasteiger partial charge in [-0.05, 0) is 57.2 Å². The monoisotopic (exact) mass is 317 g/mol. The van der Waals surface area contributed by atoms with E-state index >= 15 is 0 Å². The highest BCUT2D eigenvalue weighted by molar-refractivity contribution is 5.98. The predicted octanol–water partition coefficient (Wildman–Crippen LogP) is 2.76. The number of rotatable bonds is 7. The molecule has 0 radical (unpaired) electrons. The fraction of sp³-hybridized carbons (Fsp3) is 0.579. The van der Waals surface area contributed by atoms with E-state index < -0.39 is 5.60 Å². The highest BCUT2D eigenvalue weighted by Crippen LogP contribution is 2.23. The Bertz CT molecular complexity index is 587. The number of fused-ring (bicyclic) bond motifs is 1. The van der Waals surface area contributed by atoms with Gasteiger partial charge in [0.05, 0.1) is 5.60 Å². The van der Waals surface area contributed by atoms with Gasteiger partial charge in [-0.2, -0.15) is 0 Å². The molecule has 0 aromatic heterocycles. The van der Waals surface area contributed by atoms with Crippen molar-refractivity contribution in [2.24, 2.45) is 0 Å². The van der Waals surface area contributed by atoms with Crippen molar-refractivity contribution in [3.8, 4) is 0 Å². The van der Waals surface area contributed by atoms with Crippen molar-refractivity contribution < 1.29 is 14.7 Å². The fourth-order valence-corrected chi connectivity index (χ4v) is 3.11. The first-order valence-corrected chi connectivity index (χ1v) is 8.45. The van der Waals surface area contributed by atoms with E-state index in [1.807, 2.05) is 25.1 Å². The van der Waals surface area contributed by atoms with Crippen LogP contribution >= 0.6 is 0 Å². The van der Waals surface area contributed by atoms with Crippen LogP contribution in [-0.2, 0) is 17.6 Å². The van der Waals surface area contributed by atoms with E-state index in [2.05, 4.69) is 0 Å². The summed E-state index contributed by atoms with van der Waals surface area (Å²) < 4.78 is 0. The van der Waals surface area contributed by atoms with E-state index in [0.29, 0.717) is 12.1 Å². The molecule has 0 bridgehead atoms. The molecule has 1 N–H and O–H groups in total. The lowest BCUT2D eigenvalue weighted by Gasteiger charge is -2.28. The van der Waals surface area contributed by atoms with E-state index in [1.54, 1.807) is 18.7 Å². The summed E-state index contributed by atoms with van der Waals surface area (Å²) in [6.07, 6.45) is 3.73. The number of amides is 1. The summed E-state index contributed by atoms with van der Waals surface area (Å²) in [5, 5.41) is 9.85. The van der Waals surface area contributed by atoms with Crippen molar-refractivity contribution in [3.05, 3.63) is 34.9 Å². The Morgan fingerprint density at radius 3 is 2.52 bits per heavy atom. The molecule has 0 saturated heterocycles. The summed E-state index contributed by atoms with van der Waals surface area (Å²) in [6, 6.07) is 5.92. The van der Waals surface area contributed by atoms with Crippen LogP contribution in [0.15, 0.2) is 18.2 Å². The third kappa shape index (κ3) is 4.90. The lowest BCUT2D eigenvalue weighted by molar-refractivity contribution is -0.133. The minimum absolute atomic E-state index is 0.0207. The molecule has 0 spiro atoms. The number of Topliss-reactive ketones (excluding diaryl/α,β-unsaturated/α-hetero) is 1. The molecule has 1 aliphatic rings. The van der Waals surface area contributed by atoms with Crippen molar-refractivity contribution in [1.29, 1.82) is 0 Å². The van der Waals surface area contributed by atoms with Crippen molar-refractivity contribution in [2.45, 2.75) is 58.5 Å². The van der Waals surface area contributed by atoms with Crippen LogP contribution in [0.4, 0.5) is 0 Å². The number of nitrogens with zero attached hydrogens (tertiary/aromatic N) is 1. The Morgan fingerprint density at radius 2 is 1.87 bits per heavy atom. The molecule has 2 rings (SSSR count). The van der Waals surface area contributed by atoms with E-state index in [4.69, 9.17) is 0 Å². The van der Waals surface area contributed by atoms with Crippen LogP contribution in [-0.4, -0.2) is 40.4 Å². The quantitative estimate of drug-likeness (QED) is 0.787. The van der Waals surface area contributed by atoms with Gasteiger partial charge in [0, 0.05) is 31.5 Å². The Balaban J connectivity index is 1.92. The maximum Gasteiger partial charge on any atom is 0.223 e. The van der Waals surface area contributed by atoms with Gasteiger partial charge in [0.1, 0.15) is 0 Å². The molecule has 4 nitrogen and oxygen atoms in total. The predicted molar refractivity (Wildman–Crippen MR) is 90.6 cm³/mol. The largest absolute Gasteiger partial charge is 0.389 e. The van der Waals surface area contributed by atoms with Gasteiger partial charge >= 0.3 is 0 Å². The number of hydrogen-bond acceptors (Lipinski definition) is 3. The third-order valence-electron chi connectivity index (χ3n) is 4.30. The maximum atomic E-state index is 12.3.